The molecule has 1 amide bonds. The van der Waals surface area contributed by atoms with Gasteiger partial charge >= 0.3 is 5.97 Å². The van der Waals surface area contributed by atoms with Crippen molar-refractivity contribution in [2.45, 2.75) is 26.9 Å². The van der Waals surface area contributed by atoms with Crippen molar-refractivity contribution in [2.75, 3.05) is 5.32 Å². The Balaban J connectivity index is 1.75. The summed E-state index contributed by atoms with van der Waals surface area (Å²) in [5, 5.41) is 6.55. The number of aryl methyl sites for hydroxylation is 2. The number of nitrogens with one attached hydrogen (secondary N) is 1. The molecule has 0 aliphatic carbocycles. The van der Waals surface area contributed by atoms with Crippen molar-refractivity contribution >= 4 is 29.2 Å². The minimum Gasteiger partial charge on any atom is -0.448 e. The van der Waals surface area contributed by atoms with Gasteiger partial charge in [0.2, 0.25) is 0 Å². The van der Waals surface area contributed by atoms with E-state index in [9.17, 15) is 18.4 Å². The summed E-state index contributed by atoms with van der Waals surface area (Å²) < 4.78 is 33.3. The normalized spacial score (nSPS) is 11.8. The SMILES string of the molecule is Cc1cc(C)n(-c2ccc(Cl)c(C(=O)OC(C)C(=O)Nc3ccc(F)cc3F)n2)n1. The van der Waals surface area contributed by atoms with Crippen LogP contribution in [0.1, 0.15) is 28.8 Å². The minimum atomic E-state index is -1.29. The number of amides is 1. The first-order valence-corrected chi connectivity index (χ1v) is 9.20. The summed E-state index contributed by atoms with van der Waals surface area (Å²) in [7, 11) is 0. The van der Waals surface area contributed by atoms with Crippen LogP contribution < -0.4 is 5.32 Å². The molecule has 0 aliphatic rings. The van der Waals surface area contributed by atoms with Gasteiger partial charge in [0.15, 0.2) is 17.6 Å². The van der Waals surface area contributed by atoms with E-state index in [1.807, 2.05) is 19.9 Å². The van der Waals surface area contributed by atoms with E-state index in [1.54, 1.807) is 6.07 Å². The van der Waals surface area contributed by atoms with Gasteiger partial charge < -0.3 is 10.1 Å². The van der Waals surface area contributed by atoms with Crippen molar-refractivity contribution in [3.8, 4) is 5.82 Å². The lowest BCUT2D eigenvalue weighted by Crippen LogP contribution is -2.30. The molecule has 0 radical (unpaired) electrons. The van der Waals surface area contributed by atoms with Crippen LogP contribution in [0.15, 0.2) is 36.4 Å². The fraction of sp³-hybridized carbons (Fsp3) is 0.200. The molecule has 0 saturated carbocycles. The molecule has 0 saturated heterocycles. The summed E-state index contributed by atoms with van der Waals surface area (Å²) in [4.78, 5) is 28.9. The molecule has 30 heavy (non-hydrogen) atoms. The Morgan fingerprint density at radius 2 is 1.90 bits per heavy atom. The highest BCUT2D eigenvalue weighted by Gasteiger charge is 2.23. The van der Waals surface area contributed by atoms with Gasteiger partial charge in [0.05, 0.1) is 16.4 Å². The Bertz CT molecular complexity index is 1130. The van der Waals surface area contributed by atoms with Crippen molar-refractivity contribution in [2.24, 2.45) is 0 Å². The van der Waals surface area contributed by atoms with E-state index in [-0.39, 0.29) is 16.4 Å². The number of halogens is 3. The smallest absolute Gasteiger partial charge is 0.359 e. The predicted molar refractivity (Wildman–Crippen MR) is 106 cm³/mol. The van der Waals surface area contributed by atoms with E-state index in [1.165, 1.54) is 17.7 Å². The molecule has 2 heterocycles. The van der Waals surface area contributed by atoms with Crippen LogP contribution in [-0.4, -0.2) is 32.7 Å². The number of hydrogen-bond donors (Lipinski definition) is 1. The monoisotopic (exact) mass is 434 g/mol. The molecule has 7 nitrogen and oxygen atoms in total. The summed E-state index contributed by atoms with van der Waals surface area (Å²) in [6.45, 7) is 4.95. The van der Waals surface area contributed by atoms with Crippen LogP contribution in [-0.2, 0) is 9.53 Å². The first kappa shape index (κ1) is 21.4. The molecule has 3 rings (SSSR count). The molecule has 1 aromatic carbocycles. The van der Waals surface area contributed by atoms with Gasteiger partial charge in [-0.3, -0.25) is 4.79 Å². The van der Waals surface area contributed by atoms with E-state index >= 15 is 0 Å². The Morgan fingerprint density at radius 3 is 2.53 bits per heavy atom. The molecule has 1 unspecified atom stereocenters. The highest BCUT2D eigenvalue weighted by molar-refractivity contribution is 6.33. The van der Waals surface area contributed by atoms with Gasteiger partial charge in [-0.15, -0.1) is 0 Å². The van der Waals surface area contributed by atoms with Gasteiger partial charge in [0.25, 0.3) is 5.91 Å². The highest BCUT2D eigenvalue weighted by Crippen LogP contribution is 2.20. The molecule has 0 fully saturated rings. The largest absolute Gasteiger partial charge is 0.448 e. The number of hydrogen-bond acceptors (Lipinski definition) is 5. The predicted octanol–water partition coefficient (Wildman–Crippen LogP) is 4.00. The topological polar surface area (TPSA) is 86.1 Å². The van der Waals surface area contributed by atoms with E-state index < -0.39 is 29.6 Å². The molecule has 2 aromatic heterocycles. The molecule has 10 heteroatoms. The molecule has 1 N–H and O–H groups in total. The van der Waals surface area contributed by atoms with Crippen molar-refractivity contribution in [1.29, 1.82) is 0 Å². The highest BCUT2D eigenvalue weighted by atomic mass is 35.5. The molecule has 156 valence electrons. The van der Waals surface area contributed by atoms with E-state index in [0.29, 0.717) is 11.9 Å². The van der Waals surface area contributed by atoms with Crippen LogP contribution >= 0.6 is 11.6 Å². The third-order valence-corrected chi connectivity index (χ3v) is 4.40. The first-order valence-electron chi connectivity index (χ1n) is 8.83. The Kier molecular flexibility index (Phi) is 6.12. The molecule has 0 spiro atoms. The Morgan fingerprint density at radius 1 is 1.17 bits per heavy atom. The van der Waals surface area contributed by atoms with Crippen LogP contribution in [0.2, 0.25) is 5.02 Å². The summed E-state index contributed by atoms with van der Waals surface area (Å²) >= 11 is 6.07. The van der Waals surface area contributed by atoms with Crippen LogP contribution in [0.5, 0.6) is 0 Å². The maximum Gasteiger partial charge on any atom is 0.359 e. The van der Waals surface area contributed by atoms with Crippen molar-refractivity contribution in [1.82, 2.24) is 14.8 Å². The Hall–Kier alpha value is -3.33. The Labute approximate surface area is 175 Å². The van der Waals surface area contributed by atoms with Crippen LogP contribution in [0, 0.1) is 25.5 Å². The van der Waals surface area contributed by atoms with Gasteiger partial charge in [-0.2, -0.15) is 5.10 Å². The third-order valence-electron chi connectivity index (χ3n) is 4.09. The van der Waals surface area contributed by atoms with Gasteiger partial charge in [0, 0.05) is 11.8 Å². The minimum absolute atomic E-state index is 0.0301. The second kappa shape index (κ2) is 8.58. The quantitative estimate of drug-likeness (QED) is 0.613. The van der Waals surface area contributed by atoms with Crippen molar-refractivity contribution < 1.29 is 23.1 Å². The van der Waals surface area contributed by atoms with E-state index in [4.69, 9.17) is 16.3 Å². The first-order chi connectivity index (χ1) is 14.2. The van der Waals surface area contributed by atoms with Crippen LogP contribution in [0.25, 0.3) is 5.82 Å². The van der Waals surface area contributed by atoms with E-state index in [0.717, 1.165) is 23.5 Å². The molecule has 0 aliphatic heterocycles. The number of nitrogens with zero attached hydrogens (tertiary/aromatic N) is 3. The number of carbonyl (C=O) groups excluding carboxylic acids is 2. The van der Waals surface area contributed by atoms with Crippen LogP contribution in [0.3, 0.4) is 0 Å². The molecular formula is C20H17ClF2N4O3. The van der Waals surface area contributed by atoms with E-state index in [2.05, 4.69) is 15.4 Å². The fourth-order valence-electron chi connectivity index (χ4n) is 2.65. The van der Waals surface area contributed by atoms with Gasteiger partial charge in [-0.05, 0) is 51.1 Å². The van der Waals surface area contributed by atoms with Gasteiger partial charge in [-0.25, -0.2) is 23.2 Å². The zero-order chi connectivity index (χ0) is 22.0. The number of carbonyl (C=O) groups is 2. The summed E-state index contributed by atoms with van der Waals surface area (Å²) in [5.74, 6) is -3.13. The lowest BCUT2D eigenvalue weighted by Gasteiger charge is -2.14. The second-order valence-corrected chi connectivity index (χ2v) is 6.91. The zero-order valence-corrected chi connectivity index (χ0v) is 17.0. The summed E-state index contributed by atoms with van der Waals surface area (Å²) in [6.07, 6.45) is -1.29. The number of benzene rings is 1. The average molecular weight is 435 g/mol. The maximum atomic E-state index is 13.7. The lowest BCUT2D eigenvalue weighted by molar-refractivity contribution is -0.123. The number of aromatic nitrogens is 3. The third kappa shape index (κ3) is 4.62. The standard InChI is InChI=1S/C20H17ClF2N4O3/c1-10-8-11(2)27(26-10)17-7-5-14(21)18(25-17)20(29)30-12(3)19(28)24-16-6-4-13(22)9-15(16)23/h4-9,12H,1-3H3,(H,24,28). The molecule has 0 bridgehead atoms. The van der Waals surface area contributed by atoms with Crippen molar-refractivity contribution in [3.05, 3.63) is 70.1 Å². The molecule has 3 aromatic rings. The van der Waals surface area contributed by atoms with Gasteiger partial charge in [-0.1, -0.05) is 11.6 Å². The fourth-order valence-corrected chi connectivity index (χ4v) is 2.83. The lowest BCUT2D eigenvalue weighted by atomic mass is 10.2. The number of anilines is 1. The average Bonchev–Trinajstić information content (AvgIpc) is 3.02. The number of ether oxygens (including phenoxy) is 1. The number of pyridine rings is 1. The zero-order valence-electron chi connectivity index (χ0n) is 16.2. The molecule has 1 atom stereocenters. The second-order valence-electron chi connectivity index (χ2n) is 6.50. The van der Waals surface area contributed by atoms with Crippen molar-refractivity contribution in [3.63, 3.8) is 0 Å². The summed E-state index contributed by atoms with van der Waals surface area (Å²) in [6, 6.07) is 7.58. The number of esters is 1. The van der Waals surface area contributed by atoms with Crippen LogP contribution in [0.4, 0.5) is 14.5 Å². The maximum absolute atomic E-state index is 13.7. The molecular weight excluding hydrogens is 418 g/mol. The van der Waals surface area contributed by atoms with Gasteiger partial charge in [0.1, 0.15) is 11.6 Å². The summed E-state index contributed by atoms with van der Waals surface area (Å²) in [5.41, 5.74) is 1.13. The number of rotatable bonds is 5.